The van der Waals surface area contributed by atoms with Crippen LogP contribution in [-0.2, 0) is 0 Å². The Morgan fingerprint density at radius 1 is 0.675 bits per heavy atom. The van der Waals surface area contributed by atoms with Crippen LogP contribution >= 0.6 is 11.3 Å². The van der Waals surface area contributed by atoms with Gasteiger partial charge in [-0.2, -0.15) is 21.0 Å². The van der Waals surface area contributed by atoms with Crippen LogP contribution in [0.3, 0.4) is 0 Å². The van der Waals surface area contributed by atoms with Gasteiger partial charge in [0.25, 0.3) is 0 Å². The monoisotopic (exact) mass is 529 g/mol. The maximum atomic E-state index is 9.85. The zero-order chi connectivity index (χ0) is 27.6. The highest BCUT2D eigenvalue weighted by Gasteiger charge is 2.32. The summed E-state index contributed by atoms with van der Waals surface area (Å²) < 4.78 is 1.90. The predicted molar refractivity (Wildman–Crippen MR) is 153 cm³/mol. The third kappa shape index (κ3) is 3.87. The second-order valence-electron chi connectivity index (χ2n) is 8.71. The summed E-state index contributed by atoms with van der Waals surface area (Å²) in [6, 6.07) is 34.6. The molecule has 8 heteroatoms. The highest BCUT2D eigenvalue weighted by molar-refractivity contribution is 7.21. The highest BCUT2D eigenvalue weighted by atomic mass is 32.1. The molecular weight excluding hydrogens is 514 g/mol. The third-order valence-corrected chi connectivity index (χ3v) is 7.50. The van der Waals surface area contributed by atoms with Crippen molar-refractivity contribution in [2.75, 3.05) is 0 Å². The van der Waals surface area contributed by atoms with E-state index in [0.717, 1.165) is 16.3 Å². The van der Waals surface area contributed by atoms with E-state index in [1.165, 1.54) is 11.3 Å². The number of hydrogen-bond acceptors (Lipinski definition) is 7. The summed E-state index contributed by atoms with van der Waals surface area (Å²) in [5.74, 6) is 0.489. The molecule has 3 aromatic carbocycles. The number of allylic oxidation sites excluding steroid dienone is 5. The lowest BCUT2D eigenvalue weighted by Gasteiger charge is -2.09. The van der Waals surface area contributed by atoms with E-state index in [1.807, 2.05) is 89.5 Å². The zero-order valence-corrected chi connectivity index (χ0v) is 21.5. The number of nitriles is 4. The van der Waals surface area contributed by atoms with Gasteiger partial charge in [-0.25, -0.2) is 9.97 Å². The first-order valence-electron chi connectivity index (χ1n) is 12.1. The highest BCUT2D eigenvalue weighted by Crippen LogP contribution is 2.48. The Balaban J connectivity index is 1.69. The van der Waals surface area contributed by atoms with Gasteiger partial charge in [-0.05, 0) is 34.9 Å². The van der Waals surface area contributed by atoms with Crippen LogP contribution in [0.15, 0.2) is 102 Å². The molecule has 0 spiro atoms. The van der Waals surface area contributed by atoms with E-state index in [9.17, 15) is 21.0 Å². The summed E-state index contributed by atoms with van der Waals surface area (Å²) >= 11 is 1.45. The summed E-state index contributed by atoms with van der Waals surface area (Å²) in [5, 5.41) is 40.2. The molecule has 0 radical (unpaired) electrons. The molecule has 2 aromatic heterocycles. The minimum atomic E-state index is -0.118. The molecule has 0 amide bonds. The first kappa shape index (κ1) is 24.3. The SMILES string of the molecule is N#CC(C#N)=C1C(=Cc2nc3sc(-c4ccccc4)nc3n2-c2ccccc2)C(=C(C#N)C#N)c2ccccc21. The van der Waals surface area contributed by atoms with Crippen LogP contribution in [0.2, 0.25) is 0 Å². The van der Waals surface area contributed by atoms with Crippen molar-refractivity contribution in [2.24, 2.45) is 0 Å². The second kappa shape index (κ2) is 10.0. The third-order valence-electron chi connectivity index (χ3n) is 6.51. The van der Waals surface area contributed by atoms with Crippen LogP contribution in [0.5, 0.6) is 0 Å². The average Bonchev–Trinajstić information content (AvgIpc) is 3.66. The van der Waals surface area contributed by atoms with Crippen LogP contribution in [0.4, 0.5) is 0 Å². The number of imidazole rings is 1. The van der Waals surface area contributed by atoms with Gasteiger partial charge in [0.1, 0.15) is 46.3 Å². The quantitative estimate of drug-likeness (QED) is 0.235. The molecule has 0 atom stereocenters. The normalized spacial score (nSPS) is 11.8. The molecule has 0 N–H and O–H groups in total. The summed E-state index contributed by atoms with van der Waals surface area (Å²) in [7, 11) is 0. The molecule has 0 saturated heterocycles. The molecule has 40 heavy (non-hydrogen) atoms. The van der Waals surface area contributed by atoms with Gasteiger partial charge in [-0.3, -0.25) is 4.57 Å². The van der Waals surface area contributed by atoms with E-state index >= 15 is 0 Å². The topological polar surface area (TPSA) is 126 Å². The number of benzene rings is 3. The Morgan fingerprint density at radius 3 is 1.75 bits per heavy atom. The van der Waals surface area contributed by atoms with Gasteiger partial charge in [0.15, 0.2) is 10.5 Å². The number of hydrogen-bond donors (Lipinski definition) is 0. The van der Waals surface area contributed by atoms with Crippen molar-refractivity contribution < 1.29 is 0 Å². The van der Waals surface area contributed by atoms with Gasteiger partial charge < -0.3 is 0 Å². The maximum Gasteiger partial charge on any atom is 0.177 e. The van der Waals surface area contributed by atoms with Crippen molar-refractivity contribution in [3.63, 3.8) is 0 Å². The van der Waals surface area contributed by atoms with Crippen LogP contribution in [0, 0.1) is 45.3 Å². The number of fused-ring (bicyclic) bond motifs is 2. The predicted octanol–water partition coefficient (Wildman–Crippen LogP) is 6.85. The Labute approximate surface area is 233 Å². The fourth-order valence-electron chi connectivity index (χ4n) is 4.84. The summed E-state index contributed by atoms with van der Waals surface area (Å²) in [4.78, 5) is 10.5. The van der Waals surface area contributed by atoms with E-state index in [1.54, 1.807) is 30.3 Å². The average molecular weight is 530 g/mol. The number of aromatic nitrogens is 3. The van der Waals surface area contributed by atoms with E-state index < -0.39 is 0 Å². The summed E-state index contributed by atoms with van der Waals surface area (Å²) in [6.07, 6.45) is 1.73. The van der Waals surface area contributed by atoms with Crippen molar-refractivity contribution in [3.8, 4) is 40.5 Å². The fourth-order valence-corrected chi connectivity index (χ4v) is 5.77. The first-order chi connectivity index (χ1) is 19.7. The van der Waals surface area contributed by atoms with Crippen LogP contribution in [-0.4, -0.2) is 14.5 Å². The first-order valence-corrected chi connectivity index (χ1v) is 12.9. The second-order valence-corrected chi connectivity index (χ2v) is 9.68. The van der Waals surface area contributed by atoms with Crippen molar-refractivity contribution in [3.05, 3.63) is 119 Å². The molecule has 6 rings (SSSR count). The van der Waals surface area contributed by atoms with Crippen molar-refractivity contribution in [1.82, 2.24) is 14.5 Å². The minimum absolute atomic E-state index is 0.118. The van der Waals surface area contributed by atoms with Gasteiger partial charge in [-0.15, -0.1) is 0 Å². The number of rotatable bonds is 3. The number of para-hydroxylation sites is 1. The van der Waals surface area contributed by atoms with Crippen molar-refractivity contribution >= 4 is 39.0 Å². The fraction of sp³-hybridized carbons (Fsp3) is 0. The summed E-state index contributed by atoms with van der Waals surface area (Å²) in [5.41, 5.74) is 4.56. The van der Waals surface area contributed by atoms with Gasteiger partial charge in [0, 0.05) is 22.4 Å². The Morgan fingerprint density at radius 2 is 1.20 bits per heavy atom. The number of nitrogens with zero attached hydrogens (tertiary/aromatic N) is 7. The van der Waals surface area contributed by atoms with Gasteiger partial charge in [-0.1, -0.05) is 84.1 Å². The van der Waals surface area contributed by atoms with E-state index in [-0.39, 0.29) is 11.1 Å². The summed E-state index contributed by atoms with van der Waals surface area (Å²) in [6.45, 7) is 0. The molecule has 2 heterocycles. The van der Waals surface area contributed by atoms with Gasteiger partial charge in [0.05, 0.1) is 0 Å². The molecule has 0 unspecified atom stereocenters. The van der Waals surface area contributed by atoms with E-state index in [4.69, 9.17) is 9.97 Å². The molecule has 0 fully saturated rings. The van der Waals surface area contributed by atoms with Gasteiger partial charge >= 0.3 is 0 Å². The standard InChI is InChI=1S/C32H15N7S/c33-16-21(17-34)28-24-13-7-8-14-25(24)29(22(18-35)19-36)26(28)15-27-37-32-30(39(27)23-11-5-2-6-12-23)38-31(40-32)20-9-3-1-4-10-20/h1-15H. The lowest BCUT2D eigenvalue weighted by Crippen LogP contribution is -1.99. The largest absolute Gasteiger partial charge is 0.276 e. The van der Waals surface area contributed by atoms with Crippen molar-refractivity contribution in [1.29, 1.82) is 21.0 Å². The molecule has 7 nitrogen and oxygen atoms in total. The lowest BCUT2D eigenvalue weighted by molar-refractivity contribution is 1.05. The molecule has 0 aliphatic heterocycles. The lowest BCUT2D eigenvalue weighted by atomic mass is 9.96. The Bertz CT molecular complexity index is 1980. The molecule has 184 valence electrons. The molecule has 1 aliphatic rings. The smallest absolute Gasteiger partial charge is 0.177 e. The minimum Gasteiger partial charge on any atom is -0.276 e. The molecule has 1 aliphatic carbocycles. The molecule has 5 aromatic rings. The molecule has 0 bridgehead atoms. The molecular formula is C32H15N7S. The van der Waals surface area contributed by atoms with Crippen LogP contribution in [0.1, 0.15) is 17.0 Å². The van der Waals surface area contributed by atoms with Crippen molar-refractivity contribution in [2.45, 2.75) is 0 Å². The zero-order valence-electron chi connectivity index (χ0n) is 20.7. The van der Waals surface area contributed by atoms with E-state index in [2.05, 4.69) is 0 Å². The Kier molecular flexibility index (Phi) is 6.08. The van der Waals surface area contributed by atoms with Crippen LogP contribution in [0.25, 0.3) is 44.0 Å². The Hall–Kier alpha value is -6.06. The van der Waals surface area contributed by atoms with Gasteiger partial charge in [0.2, 0.25) is 0 Å². The van der Waals surface area contributed by atoms with E-state index in [0.29, 0.717) is 44.1 Å². The number of thiazole rings is 1. The molecule has 0 saturated carbocycles. The van der Waals surface area contributed by atoms with Crippen LogP contribution < -0.4 is 0 Å². The maximum absolute atomic E-state index is 9.85.